The van der Waals surface area contributed by atoms with Gasteiger partial charge in [0.25, 0.3) is 0 Å². The molecule has 0 bridgehead atoms. The molecular formula is C15H19N3O3S. The van der Waals surface area contributed by atoms with Crippen LogP contribution in [0.4, 0.5) is 5.13 Å². The monoisotopic (exact) mass is 321 g/mol. The van der Waals surface area contributed by atoms with E-state index in [1.807, 2.05) is 38.1 Å². The summed E-state index contributed by atoms with van der Waals surface area (Å²) < 4.78 is 10.9. The minimum atomic E-state index is -0.0822. The molecule has 2 aromatic rings. The van der Waals surface area contributed by atoms with E-state index in [1.165, 1.54) is 11.3 Å². The molecule has 0 saturated heterocycles. The molecule has 0 atom stereocenters. The van der Waals surface area contributed by atoms with Gasteiger partial charge in [-0.25, -0.2) is 0 Å². The van der Waals surface area contributed by atoms with Gasteiger partial charge >= 0.3 is 0 Å². The third kappa shape index (κ3) is 4.42. The van der Waals surface area contributed by atoms with Crippen LogP contribution in [0, 0.1) is 5.92 Å². The average molecular weight is 321 g/mol. The standard InChI is InChI=1S/C15H19N3O3S/c1-10(2)14(19)16-15-18-17-13(22-15)8-9-21-12-7-5-4-6-11(12)20-3/h4-7,10H,8-9H2,1-3H3,(H,16,18,19). The Morgan fingerprint density at radius 2 is 2.00 bits per heavy atom. The number of amides is 1. The number of carbonyl (C=O) groups excluding carboxylic acids is 1. The molecule has 0 saturated carbocycles. The van der Waals surface area contributed by atoms with Gasteiger partial charge in [0.1, 0.15) is 5.01 Å². The van der Waals surface area contributed by atoms with Crippen molar-refractivity contribution in [3.05, 3.63) is 29.3 Å². The molecule has 1 N–H and O–H groups in total. The van der Waals surface area contributed by atoms with Crippen LogP contribution in [0.25, 0.3) is 0 Å². The normalized spacial score (nSPS) is 10.5. The zero-order valence-electron chi connectivity index (χ0n) is 12.8. The number of hydrogen-bond donors (Lipinski definition) is 1. The molecule has 1 amide bonds. The molecule has 1 heterocycles. The van der Waals surface area contributed by atoms with Gasteiger partial charge in [-0.2, -0.15) is 0 Å². The third-order valence-electron chi connectivity index (χ3n) is 2.86. The molecule has 0 aliphatic heterocycles. The molecule has 118 valence electrons. The van der Waals surface area contributed by atoms with Crippen molar-refractivity contribution < 1.29 is 14.3 Å². The van der Waals surface area contributed by atoms with Gasteiger partial charge in [-0.3, -0.25) is 4.79 Å². The third-order valence-corrected chi connectivity index (χ3v) is 3.76. The maximum atomic E-state index is 11.6. The van der Waals surface area contributed by atoms with Crippen LogP contribution >= 0.6 is 11.3 Å². The summed E-state index contributed by atoms with van der Waals surface area (Å²) in [6.45, 7) is 4.13. The number of aromatic nitrogens is 2. The topological polar surface area (TPSA) is 73.3 Å². The van der Waals surface area contributed by atoms with Crippen molar-refractivity contribution in [3.8, 4) is 11.5 Å². The van der Waals surface area contributed by atoms with Crippen LogP contribution in [0.15, 0.2) is 24.3 Å². The number of rotatable bonds is 7. The maximum absolute atomic E-state index is 11.6. The van der Waals surface area contributed by atoms with Crippen LogP contribution in [0.1, 0.15) is 18.9 Å². The van der Waals surface area contributed by atoms with Crippen molar-refractivity contribution in [2.45, 2.75) is 20.3 Å². The summed E-state index contributed by atoms with van der Waals surface area (Å²) in [5.41, 5.74) is 0. The molecule has 6 nitrogen and oxygen atoms in total. The molecule has 1 aromatic heterocycles. The number of ether oxygens (including phenoxy) is 2. The fourth-order valence-corrected chi connectivity index (χ4v) is 2.36. The Balaban J connectivity index is 1.85. The largest absolute Gasteiger partial charge is 0.493 e. The number of carbonyl (C=O) groups is 1. The summed E-state index contributed by atoms with van der Waals surface area (Å²) in [7, 11) is 1.61. The van der Waals surface area contributed by atoms with Gasteiger partial charge in [-0.1, -0.05) is 37.3 Å². The summed E-state index contributed by atoms with van der Waals surface area (Å²) in [6.07, 6.45) is 0.618. The lowest BCUT2D eigenvalue weighted by Gasteiger charge is -2.09. The van der Waals surface area contributed by atoms with Gasteiger partial charge in [0.05, 0.1) is 13.7 Å². The van der Waals surface area contributed by atoms with E-state index in [0.29, 0.717) is 29.7 Å². The lowest BCUT2D eigenvalue weighted by Crippen LogP contribution is -2.17. The van der Waals surface area contributed by atoms with Gasteiger partial charge in [0, 0.05) is 12.3 Å². The minimum absolute atomic E-state index is 0.0621. The first-order valence-electron chi connectivity index (χ1n) is 6.99. The Bertz CT molecular complexity index is 628. The molecule has 0 aliphatic carbocycles. The van der Waals surface area contributed by atoms with Gasteiger partial charge in [-0.05, 0) is 12.1 Å². The Labute approximate surface area is 133 Å². The molecule has 0 aliphatic rings. The van der Waals surface area contributed by atoms with Crippen LogP contribution < -0.4 is 14.8 Å². The molecule has 0 fully saturated rings. The number of anilines is 1. The van der Waals surface area contributed by atoms with E-state index in [2.05, 4.69) is 15.5 Å². The first kappa shape index (κ1) is 16.2. The van der Waals surface area contributed by atoms with Crippen LogP contribution in [0.3, 0.4) is 0 Å². The lowest BCUT2D eigenvalue weighted by atomic mass is 10.2. The van der Waals surface area contributed by atoms with E-state index in [9.17, 15) is 4.79 Å². The van der Waals surface area contributed by atoms with Crippen molar-refractivity contribution in [2.75, 3.05) is 19.0 Å². The predicted octanol–water partition coefficient (Wildman–Crippen LogP) is 2.76. The summed E-state index contributed by atoms with van der Waals surface area (Å²) >= 11 is 1.36. The van der Waals surface area contributed by atoms with E-state index in [0.717, 1.165) is 5.01 Å². The second kappa shape index (κ2) is 7.74. The van der Waals surface area contributed by atoms with Gasteiger partial charge in [0.2, 0.25) is 11.0 Å². The molecule has 0 unspecified atom stereocenters. The second-order valence-corrected chi connectivity index (χ2v) is 5.96. The number of methoxy groups -OCH3 is 1. The number of nitrogens with one attached hydrogen (secondary N) is 1. The number of benzene rings is 1. The van der Waals surface area contributed by atoms with E-state index in [-0.39, 0.29) is 11.8 Å². The van der Waals surface area contributed by atoms with E-state index >= 15 is 0 Å². The van der Waals surface area contributed by atoms with Gasteiger partial charge < -0.3 is 14.8 Å². The molecule has 0 radical (unpaired) electrons. The van der Waals surface area contributed by atoms with Crippen molar-refractivity contribution >= 4 is 22.4 Å². The van der Waals surface area contributed by atoms with Crippen molar-refractivity contribution in [2.24, 2.45) is 5.92 Å². The number of hydrogen-bond acceptors (Lipinski definition) is 6. The molecular weight excluding hydrogens is 302 g/mol. The fraction of sp³-hybridized carbons (Fsp3) is 0.400. The van der Waals surface area contributed by atoms with E-state index in [4.69, 9.17) is 9.47 Å². The SMILES string of the molecule is COc1ccccc1OCCc1nnc(NC(=O)C(C)C)s1. The number of nitrogens with zero attached hydrogens (tertiary/aromatic N) is 2. The van der Waals surface area contributed by atoms with Gasteiger partial charge in [-0.15, -0.1) is 10.2 Å². The molecule has 2 rings (SSSR count). The summed E-state index contributed by atoms with van der Waals surface area (Å²) in [5.74, 6) is 1.25. The zero-order chi connectivity index (χ0) is 15.9. The first-order valence-corrected chi connectivity index (χ1v) is 7.81. The molecule has 0 spiro atoms. The molecule has 22 heavy (non-hydrogen) atoms. The summed E-state index contributed by atoms with van der Waals surface area (Å²) in [4.78, 5) is 11.6. The number of para-hydroxylation sites is 2. The Morgan fingerprint density at radius 1 is 1.27 bits per heavy atom. The highest BCUT2D eigenvalue weighted by Crippen LogP contribution is 2.26. The van der Waals surface area contributed by atoms with Crippen molar-refractivity contribution in [3.63, 3.8) is 0 Å². The average Bonchev–Trinajstić information content (AvgIpc) is 2.95. The smallest absolute Gasteiger partial charge is 0.228 e. The zero-order valence-corrected chi connectivity index (χ0v) is 13.6. The van der Waals surface area contributed by atoms with Crippen LogP contribution in [0.2, 0.25) is 0 Å². The predicted molar refractivity (Wildman–Crippen MR) is 85.6 cm³/mol. The second-order valence-electron chi connectivity index (χ2n) is 4.89. The fourth-order valence-electron chi connectivity index (χ4n) is 1.64. The quantitative estimate of drug-likeness (QED) is 0.849. The lowest BCUT2D eigenvalue weighted by molar-refractivity contribution is -0.118. The Morgan fingerprint density at radius 3 is 2.68 bits per heavy atom. The first-order chi connectivity index (χ1) is 10.6. The minimum Gasteiger partial charge on any atom is -0.493 e. The summed E-state index contributed by atoms with van der Waals surface area (Å²) in [6, 6.07) is 7.48. The Kier molecular flexibility index (Phi) is 5.71. The van der Waals surface area contributed by atoms with E-state index < -0.39 is 0 Å². The summed E-state index contributed by atoms with van der Waals surface area (Å²) in [5, 5.41) is 12.1. The van der Waals surface area contributed by atoms with Crippen molar-refractivity contribution in [1.82, 2.24) is 10.2 Å². The highest BCUT2D eigenvalue weighted by molar-refractivity contribution is 7.15. The molecule has 1 aromatic carbocycles. The van der Waals surface area contributed by atoms with E-state index in [1.54, 1.807) is 7.11 Å². The van der Waals surface area contributed by atoms with Crippen LogP contribution in [0.5, 0.6) is 11.5 Å². The molecule has 7 heteroatoms. The highest BCUT2D eigenvalue weighted by Gasteiger charge is 2.11. The highest BCUT2D eigenvalue weighted by atomic mass is 32.1. The van der Waals surface area contributed by atoms with Crippen LogP contribution in [-0.2, 0) is 11.2 Å². The van der Waals surface area contributed by atoms with Crippen LogP contribution in [-0.4, -0.2) is 29.8 Å². The Hall–Kier alpha value is -2.15. The van der Waals surface area contributed by atoms with Gasteiger partial charge in [0.15, 0.2) is 11.5 Å². The van der Waals surface area contributed by atoms with Crippen molar-refractivity contribution in [1.29, 1.82) is 0 Å². The maximum Gasteiger partial charge on any atom is 0.228 e.